The van der Waals surface area contributed by atoms with Crippen LogP contribution in [0.15, 0.2) is 24.3 Å². The van der Waals surface area contributed by atoms with Gasteiger partial charge in [-0.05, 0) is 24.5 Å². The van der Waals surface area contributed by atoms with Gasteiger partial charge in [0.2, 0.25) is 0 Å². The minimum absolute atomic E-state index is 0.0708. The third-order valence-corrected chi connectivity index (χ3v) is 3.28. The van der Waals surface area contributed by atoms with Crippen LogP contribution < -0.4 is 0 Å². The van der Waals surface area contributed by atoms with Gasteiger partial charge in [0.05, 0.1) is 12.7 Å². The third kappa shape index (κ3) is 2.89. The van der Waals surface area contributed by atoms with E-state index in [0.717, 1.165) is 24.1 Å². The van der Waals surface area contributed by atoms with Crippen LogP contribution >= 0.6 is 0 Å². The van der Waals surface area contributed by atoms with Gasteiger partial charge in [0.25, 0.3) is 5.91 Å². The normalized spacial score (nSPS) is 16.6. The predicted octanol–water partition coefficient (Wildman–Crippen LogP) is 1.08. The monoisotopic (exact) mass is 249 g/mol. The van der Waals surface area contributed by atoms with Gasteiger partial charge in [0.1, 0.15) is 0 Å². The summed E-state index contributed by atoms with van der Waals surface area (Å²) in [6, 6.07) is 7.73. The second-order valence-electron chi connectivity index (χ2n) is 4.60. The van der Waals surface area contributed by atoms with Crippen LogP contribution in [-0.2, 0) is 11.2 Å². The molecule has 1 aliphatic rings. The van der Waals surface area contributed by atoms with Gasteiger partial charge in [0.15, 0.2) is 0 Å². The van der Waals surface area contributed by atoms with Gasteiger partial charge >= 0.3 is 0 Å². The molecule has 0 radical (unpaired) electrons. The summed E-state index contributed by atoms with van der Waals surface area (Å²) in [5.74, 6) is 0.0708. The number of carbonyl (C=O) groups is 1. The molecule has 1 amide bonds. The maximum absolute atomic E-state index is 12.2. The Morgan fingerprint density at radius 2 is 2.22 bits per heavy atom. The number of carbonyl (C=O) groups excluding carboxylic acids is 1. The Kier molecular flexibility index (Phi) is 4.33. The van der Waals surface area contributed by atoms with E-state index in [2.05, 4.69) is 0 Å². The van der Waals surface area contributed by atoms with E-state index < -0.39 is 6.10 Å². The summed E-state index contributed by atoms with van der Waals surface area (Å²) in [6.07, 6.45) is 0.948. The van der Waals surface area contributed by atoms with Gasteiger partial charge in [-0.15, -0.1) is 0 Å². The van der Waals surface area contributed by atoms with Crippen LogP contribution in [0.2, 0.25) is 0 Å². The first-order chi connectivity index (χ1) is 8.72. The topological polar surface area (TPSA) is 49.8 Å². The van der Waals surface area contributed by atoms with E-state index in [4.69, 9.17) is 4.74 Å². The number of aliphatic hydroxyl groups excluding tert-OH is 1. The van der Waals surface area contributed by atoms with Gasteiger partial charge in [-0.2, -0.15) is 0 Å². The van der Waals surface area contributed by atoms with Gasteiger partial charge in [-0.3, -0.25) is 4.79 Å². The van der Waals surface area contributed by atoms with E-state index in [9.17, 15) is 9.90 Å². The standard InChI is InChI=1S/C14H19NO3/c1-18-10-12(16)7-9-15-8-6-11-4-2-3-5-13(11)14(15)17/h2-5,12,16H,6-10H2,1H3. The molecule has 1 aliphatic heterocycles. The molecule has 0 saturated carbocycles. The maximum Gasteiger partial charge on any atom is 0.254 e. The van der Waals surface area contributed by atoms with Crippen LogP contribution in [-0.4, -0.2) is 48.8 Å². The molecule has 0 bridgehead atoms. The Morgan fingerprint density at radius 1 is 1.44 bits per heavy atom. The van der Waals surface area contributed by atoms with Gasteiger partial charge in [-0.25, -0.2) is 0 Å². The van der Waals surface area contributed by atoms with Crippen LogP contribution in [0.4, 0.5) is 0 Å². The third-order valence-electron chi connectivity index (χ3n) is 3.28. The molecule has 2 rings (SSSR count). The lowest BCUT2D eigenvalue weighted by Crippen LogP contribution is -2.39. The quantitative estimate of drug-likeness (QED) is 0.849. The fourth-order valence-corrected chi connectivity index (χ4v) is 2.27. The highest BCUT2D eigenvalue weighted by atomic mass is 16.5. The highest BCUT2D eigenvalue weighted by Gasteiger charge is 2.23. The lowest BCUT2D eigenvalue weighted by Gasteiger charge is -2.29. The first-order valence-electron chi connectivity index (χ1n) is 6.26. The summed E-state index contributed by atoms with van der Waals surface area (Å²) < 4.78 is 4.87. The largest absolute Gasteiger partial charge is 0.391 e. The summed E-state index contributed by atoms with van der Waals surface area (Å²) in [5.41, 5.74) is 1.92. The van der Waals surface area contributed by atoms with Crippen LogP contribution in [0.3, 0.4) is 0 Å². The molecule has 1 N–H and O–H groups in total. The van der Waals surface area contributed by atoms with E-state index >= 15 is 0 Å². The van der Waals surface area contributed by atoms with Crippen molar-refractivity contribution in [3.8, 4) is 0 Å². The minimum Gasteiger partial charge on any atom is -0.391 e. The molecule has 1 aromatic rings. The first-order valence-corrected chi connectivity index (χ1v) is 6.26. The number of methoxy groups -OCH3 is 1. The zero-order valence-electron chi connectivity index (χ0n) is 10.6. The highest BCUT2D eigenvalue weighted by molar-refractivity contribution is 5.96. The molecule has 0 spiro atoms. The van der Waals surface area contributed by atoms with Crippen molar-refractivity contribution in [3.05, 3.63) is 35.4 Å². The van der Waals surface area contributed by atoms with Crippen molar-refractivity contribution in [1.82, 2.24) is 4.90 Å². The number of nitrogens with zero attached hydrogens (tertiary/aromatic N) is 1. The van der Waals surface area contributed by atoms with Crippen molar-refractivity contribution in [3.63, 3.8) is 0 Å². The Morgan fingerprint density at radius 3 is 3.00 bits per heavy atom. The second kappa shape index (κ2) is 5.98. The molecule has 1 aromatic carbocycles. The molecule has 98 valence electrons. The SMILES string of the molecule is COCC(O)CCN1CCc2ccccc2C1=O. The smallest absolute Gasteiger partial charge is 0.254 e. The second-order valence-corrected chi connectivity index (χ2v) is 4.60. The van der Waals surface area contributed by atoms with Gasteiger partial charge in [0, 0.05) is 25.8 Å². The Bertz CT molecular complexity index is 419. The van der Waals surface area contributed by atoms with Crippen LogP contribution in [0.5, 0.6) is 0 Å². The number of ether oxygens (including phenoxy) is 1. The van der Waals surface area contributed by atoms with Crippen molar-refractivity contribution in [1.29, 1.82) is 0 Å². The highest BCUT2D eigenvalue weighted by Crippen LogP contribution is 2.18. The maximum atomic E-state index is 12.2. The van der Waals surface area contributed by atoms with Crippen molar-refractivity contribution in [2.24, 2.45) is 0 Å². The molecule has 18 heavy (non-hydrogen) atoms. The molecule has 4 nitrogen and oxygen atoms in total. The molecule has 0 aromatic heterocycles. The zero-order valence-corrected chi connectivity index (χ0v) is 10.6. The van der Waals surface area contributed by atoms with Gasteiger partial charge < -0.3 is 14.7 Å². The summed E-state index contributed by atoms with van der Waals surface area (Å²) in [7, 11) is 1.56. The number of aliphatic hydroxyl groups is 1. The number of hydrogen-bond donors (Lipinski definition) is 1. The number of amides is 1. The fraction of sp³-hybridized carbons (Fsp3) is 0.500. The van der Waals surface area contributed by atoms with Crippen molar-refractivity contribution in [2.75, 3.05) is 26.8 Å². The van der Waals surface area contributed by atoms with Crippen LogP contribution in [0.25, 0.3) is 0 Å². The number of hydrogen-bond acceptors (Lipinski definition) is 3. The predicted molar refractivity (Wildman–Crippen MR) is 68.5 cm³/mol. The molecule has 1 atom stereocenters. The van der Waals surface area contributed by atoms with Crippen molar-refractivity contribution in [2.45, 2.75) is 18.9 Å². The molecule has 1 heterocycles. The number of fused-ring (bicyclic) bond motifs is 1. The first kappa shape index (κ1) is 13.1. The molecule has 1 unspecified atom stereocenters. The summed E-state index contributed by atoms with van der Waals surface area (Å²) in [6.45, 7) is 1.63. The van der Waals surface area contributed by atoms with Crippen molar-refractivity contribution >= 4 is 5.91 Å². The van der Waals surface area contributed by atoms with Gasteiger partial charge in [-0.1, -0.05) is 18.2 Å². The molecule has 0 fully saturated rings. The van der Waals surface area contributed by atoms with E-state index in [0.29, 0.717) is 19.6 Å². The Labute approximate surface area is 107 Å². The summed E-state index contributed by atoms with van der Waals surface area (Å²) in [4.78, 5) is 14.0. The van der Waals surface area contributed by atoms with E-state index in [1.807, 2.05) is 24.3 Å². The van der Waals surface area contributed by atoms with E-state index in [-0.39, 0.29) is 5.91 Å². The molecular formula is C14H19NO3. The lowest BCUT2D eigenvalue weighted by atomic mass is 9.99. The lowest BCUT2D eigenvalue weighted by molar-refractivity contribution is 0.0470. The average Bonchev–Trinajstić information content (AvgIpc) is 2.39. The minimum atomic E-state index is -0.500. The van der Waals surface area contributed by atoms with Crippen LogP contribution in [0, 0.1) is 0 Å². The molecule has 0 saturated heterocycles. The molecule has 0 aliphatic carbocycles. The Hall–Kier alpha value is -1.39. The van der Waals surface area contributed by atoms with Crippen molar-refractivity contribution < 1.29 is 14.6 Å². The van der Waals surface area contributed by atoms with Crippen LogP contribution in [0.1, 0.15) is 22.3 Å². The summed E-state index contributed by atoms with van der Waals surface area (Å²) in [5, 5.41) is 9.60. The molecular weight excluding hydrogens is 230 g/mol. The van der Waals surface area contributed by atoms with E-state index in [1.54, 1.807) is 12.0 Å². The Balaban J connectivity index is 1.95. The fourth-order valence-electron chi connectivity index (χ4n) is 2.27. The zero-order chi connectivity index (χ0) is 13.0. The molecule has 4 heteroatoms. The average molecular weight is 249 g/mol. The van der Waals surface area contributed by atoms with E-state index in [1.165, 1.54) is 0 Å². The summed E-state index contributed by atoms with van der Waals surface area (Å²) >= 11 is 0. The number of benzene rings is 1. The number of rotatable bonds is 5.